The van der Waals surface area contributed by atoms with E-state index in [1.807, 2.05) is 0 Å². The van der Waals surface area contributed by atoms with Gasteiger partial charge in [0.2, 0.25) is 0 Å². The van der Waals surface area contributed by atoms with Gasteiger partial charge in [0.15, 0.2) is 0 Å². The summed E-state index contributed by atoms with van der Waals surface area (Å²) < 4.78 is 0. The Kier molecular flexibility index (Phi) is 6.64. The van der Waals surface area contributed by atoms with Crippen LogP contribution in [0.4, 0.5) is 0 Å². The van der Waals surface area contributed by atoms with Crippen molar-refractivity contribution in [1.29, 1.82) is 0 Å². The van der Waals surface area contributed by atoms with Gasteiger partial charge >= 0.3 is 0 Å². The number of hydrogen-bond acceptors (Lipinski definition) is 5. The Morgan fingerprint density at radius 2 is 2.24 bits per heavy atom. The maximum atomic E-state index is 9.47. The van der Waals surface area contributed by atoms with Gasteiger partial charge in [0.25, 0.3) is 0 Å². The van der Waals surface area contributed by atoms with Crippen LogP contribution in [0.5, 0.6) is 0 Å². The minimum atomic E-state index is 0.251. The van der Waals surface area contributed by atoms with E-state index in [1.165, 1.54) is 11.3 Å². The molecule has 3 heterocycles. The van der Waals surface area contributed by atoms with Gasteiger partial charge in [-0.1, -0.05) is 13.8 Å². The van der Waals surface area contributed by atoms with Crippen LogP contribution < -0.4 is 0 Å². The Balaban J connectivity index is 1.56. The molecule has 0 bridgehead atoms. The fraction of sp³-hybridized carbons (Fsp3) is 0.632. The molecule has 2 aromatic rings. The number of hydrogen-bond donors (Lipinski definition) is 2. The van der Waals surface area contributed by atoms with E-state index in [9.17, 15) is 5.11 Å². The second kappa shape index (κ2) is 8.94. The predicted octanol–water partition coefficient (Wildman–Crippen LogP) is 2.74. The summed E-state index contributed by atoms with van der Waals surface area (Å²) in [5.74, 6) is 0.630. The minimum Gasteiger partial charge on any atom is -0.396 e. The quantitative estimate of drug-likeness (QED) is 0.758. The number of aromatic nitrogens is 2. The largest absolute Gasteiger partial charge is 0.396 e. The molecule has 0 amide bonds. The summed E-state index contributed by atoms with van der Waals surface area (Å²) >= 11 is 1.75. The molecule has 0 radical (unpaired) electrons. The zero-order valence-corrected chi connectivity index (χ0v) is 16.1. The van der Waals surface area contributed by atoms with Crippen molar-refractivity contribution >= 4 is 11.3 Å². The third-order valence-electron chi connectivity index (χ3n) is 4.81. The summed E-state index contributed by atoms with van der Waals surface area (Å²) in [7, 11) is 0. The highest BCUT2D eigenvalue weighted by atomic mass is 32.1. The number of aliphatic hydroxyl groups excluding tert-OH is 1. The third kappa shape index (κ3) is 5.38. The standard InChI is InChI=1S/C19H30N4OS/c1-15(2)9-17-10-18(21-20-17)12-22-5-6-23(19(13-22)3-7-24)11-16-4-8-25-14-16/h4,8,10,14-15,19,24H,3,5-7,9,11-13H2,1-2H3,(H,20,21)/t19-/m0/s1. The first kappa shape index (κ1) is 18.6. The van der Waals surface area contributed by atoms with E-state index in [1.54, 1.807) is 11.3 Å². The molecule has 1 saturated heterocycles. The van der Waals surface area contributed by atoms with Crippen LogP contribution in [0.2, 0.25) is 0 Å². The molecule has 0 aliphatic carbocycles. The Bertz CT molecular complexity index is 625. The SMILES string of the molecule is CC(C)Cc1cc(CN2CCN(Cc3ccsc3)[C@@H](CCO)C2)[nH]n1. The Labute approximate surface area is 154 Å². The topological polar surface area (TPSA) is 55.4 Å². The number of rotatable bonds is 8. The fourth-order valence-corrected chi connectivity index (χ4v) is 4.26. The van der Waals surface area contributed by atoms with Crippen LogP contribution in [0.25, 0.3) is 0 Å². The zero-order valence-electron chi connectivity index (χ0n) is 15.3. The van der Waals surface area contributed by atoms with Gasteiger partial charge in [0.1, 0.15) is 0 Å². The number of aromatic amines is 1. The molecule has 3 rings (SSSR count). The Hall–Kier alpha value is -1.21. The molecule has 138 valence electrons. The molecule has 1 aliphatic heterocycles. The van der Waals surface area contributed by atoms with Crippen LogP contribution in [0.15, 0.2) is 22.9 Å². The van der Waals surface area contributed by atoms with E-state index in [0.717, 1.165) is 51.3 Å². The van der Waals surface area contributed by atoms with Crippen molar-refractivity contribution in [3.05, 3.63) is 39.8 Å². The second-order valence-electron chi connectivity index (χ2n) is 7.49. The number of nitrogens with zero attached hydrogens (tertiary/aromatic N) is 3. The van der Waals surface area contributed by atoms with Crippen LogP contribution in [0.1, 0.15) is 37.2 Å². The van der Waals surface area contributed by atoms with E-state index in [-0.39, 0.29) is 6.61 Å². The van der Waals surface area contributed by atoms with Crippen LogP contribution in [0, 0.1) is 5.92 Å². The zero-order chi connectivity index (χ0) is 17.6. The monoisotopic (exact) mass is 362 g/mol. The molecule has 0 saturated carbocycles. The third-order valence-corrected chi connectivity index (χ3v) is 5.54. The highest BCUT2D eigenvalue weighted by Crippen LogP contribution is 2.19. The highest BCUT2D eigenvalue weighted by Gasteiger charge is 2.27. The van der Waals surface area contributed by atoms with E-state index in [0.29, 0.717) is 12.0 Å². The summed E-state index contributed by atoms with van der Waals surface area (Å²) in [6.45, 7) is 9.72. The van der Waals surface area contributed by atoms with Crippen molar-refractivity contribution in [3.8, 4) is 0 Å². The molecule has 1 fully saturated rings. The van der Waals surface area contributed by atoms with Gasteiger partial charge in [-0.05, 0) is 47.2 Å². The number of thiophene rings is 1. The summed E-state index contributed by atoms with van der Waals surface area (Å²) in [6, 6.07) is 4.82. The van der Waals surface area contributed by atoms with Crippen molar-refractivity contribution < 1.29 is 5.11 Å². The molecule has 25 heavy (non-hydrogen) atoms. The van der Waals surface area contributed by atoms with Crippen molar-refractivity contribution in [3.63, 3.8) is 0 Å². The minimum absolute atomic E-state index is 0.251. The van der Waals surface area contributed by atoms with Gasteiger partial charge in [-0.25, -0.2) is 0 Å². The average Bonchev–Trinajstić information content (AvgIpc) is 3.22. The Morgan fingerprint density at radius 3 is 2.96 bits per heavy atom. The van der Waals surface area contributed by atoms with Crippen molar-refractivity contribution in [2.45, 2.75) is 45.8 Å². The number of aliphatic hydroxyl groups is 1. The molecular formula is C19H30N4OS. The molecule has 1 aliphatic rings. The van der Waals surface area contributed by atoms with Crippen LogP contribution in [-0.4, -0.2) is 57.4 Å². The van der Waals surface area contributed by atoms with Crippen LogP contribution in [-0.2, 0) is 19.5 Å². The first-order valence-corrected chi connectivity index (χ1v) is 10.2. The molecule has 0 unspecified atom stereocenters. The van der Waals surface area contributed by atoms with Gasteiger partial charge in [0, 0.05) is 51.1 Å². The molecule has 2 N–H and O–H groups in total. The average molecular weight is 363 g/mol. The molecule has 2 aromatic heterocycles. The van der Waals surface area contributed by atoms with Crippen molar-refractivity contribution in [2.24, 2.45) is 5.92 Å². The highest BCUT2D eigenvalue weighted by molar-refractivity contribution is 7.07. The number of piperazine rings is 1. The van der Waals surface area contributed by atoms with Gasteiger partial charge in [0.05, 0.1) is 5.69 Å². The van der Waals surface area contributed by atoms with Gasteiger partial charge in [-0.2, -0.15) is 16.4 Å². The summed E-state index contributed by atoms with van der Waals surface area (Å²) in [5.41, 5.74) is 3.74. The molecule has 1 atom stereocenters. The van der Waals surface area contributed by atoms with Crippen LogP contribution in [0.3, 0.4) is 0 Å². The lowest BCUT2D eigenvalue weighted by atomic mass is 10.1. The van der Waals surface area contributed by atoms with E-state index >= 15 is 0 Å². The van der Waals surface area contributed by atoms with E-state index in [4.69, 9.17) is 0 Å². The predicted molar refractivity (Wildman–Crippen MR) is 103 cm³/mol. The molecule has 0 spiro atoms. The first-order chi connectivity index (χ1) is 12.1. The summed E-state index contributed by atoms with van der Waals surface area (Å²) in [6.07, 6.45) is 1.86. The van der Waals surface area contributed by atoms with E-state index < -0.39 is 0 Å². The summed E-state index contributed by atoms with van der Waals surface area (Å²) in [4.78, 5) is 5.00. The lowest BCUT2D eigenvalue weighted by Crippen LogP contribution is -2.52. The maximum absolute atomic E-state index is 9.47. The summed E-state index contributed by atoms with van der Waals surface area (Å²) in [5, 5.41) is 21.5. The molecule has 6 heteroatoms. The lowest BCUT2D eigenvalue weighted by Gasteiger charge is -2.41. The number of nitrogens with one attached hydrogen (secondary N) is 1. The second-order valence-corrected chi connectivity index (χ2v) is 8.27. The van der Waals surface area contributed by atoms with Gasteiger partial charge < -0.3 is 5.11 Å². The first-order valence-electron chi connectivity index (χ1n) is 9.25. The van der Waals surface area contributed by atoms with Crippen molar-refractivity contribution in [1.82, 2.24) is 20.0 Å². The normalized spacial score (nSPS) is 19.8. The van der Waals surface area contributed by atoms with Gasteiger partial charge in [-0.15, -0.1) is 0 Å². The molecule has 5 nitrogen and oxygen atoms in total. The van der Waals surface area contributed by atoms with Crippen LogP contribution >= 0.6 is 11.3 Å². The Morgan fingerprint density at radius 1 is 1.36 bits per heavy atom. The number of H-pyrrole nitrogens is 1. The fourth-order valence-electron chi connectivity index (χ4n) is 3.60. The lowest BCUT2D eigenvalue weighted by molar-refractivity contribution is 0.0495. The van der Waals surface area contributed by atoms with Gasteiger partial charge in [-0.3, -0.25) is 14.9 Å². The van der Waals surface area contributed by atoms with Crippen molar-refractivity contribution in [2.75, 3.05) is 26.2 Å². The smallest absolute Gasteiger partial charge is 0.0628 e. The maximum Gasteiger partial charge on any atom is 0.0628 e. The molecular weight excluding hydrogens is 332 g/mol. The van der Waals surface area contributed by atoms with E-state index in [2.05, 4.69) is 56.7 Å². The molecule has 0 aromatic carbocycles.